The average molecular weight is 314 g/mol. The van der Waals surface area contributed by atoms with Gasteiger partial charge in [-0.05, 0) is 18.6 Å². The minimum Gasteiger partial charge on any atom is -0.465 e. The molecule has 0 unspecified atom stereocenters. The maximum atomic E-state index is 11.9. The Morgan fingerprint density at radius 2 is 2.00 bits per heavy atom. The van der Waals surface area contributed by atoms with Crippen LogP contribution < -0.4 is 10.6 Å². The fraction of sp³-hybridized carbons (Fsp3) is 0.250. The number of hydrogen-bond donors (Lipinski definition) is 2. The van der Waals surface area contributed by atoms with Crippen LogP contribution in [0.1, 0.15) is 34.2 Å². The molecular formula is C16H18N4O3. The predicted molar refractivity (Wildman–Crippen MR) is 85.7 cm³/mol. The number of hydrogen-bond acceptors (Lipinski definition) is 6. The largest absolute Gasteiger partial charge is 0.465 e. The molecule has 1 heterocycles. The van der Waals surface area contributed by atoms with E-state index >= 15 is 0 Å². The summed E-state index contributed by atoms with van der Waals surface area (Å²) in [4.78, 5) is 31.7. The third-order valence-electron chi connectivity index (χ3n) is 3.03. The smallest absolute Gasteiger partial charge is 0.339 e. The number of methoxy groups -OCH3 is 1. The van der Waals surface area contributed by atoms with Crippen LogP contribution in [0.25, 0.3) is 0 Å². The Morgan fingerprint density at radius 1 is 1.22 bits per heavy atom. The maximum Gasteiger partial charge on any atom is 0.339 e. The third kappa shape index (κ3) is 4.26. The van der Waals surface area contributed by atoms with Crippen LogP contribution in [-0.2, 0) is 4.74 Å². The summed E-state index contributed by atoms with van der Waals surface area (Å²) < 4.78 is 4.75. The molecular weight excluding hydrogens is 296 g/mol. The van der Waals surface area contributed by atoms with E-state index in [0.717, 1.165) is 6.42 Å². The third-order valence-corrected chi connectivity index (χ3v) is 3.03. The number of ether oxygens (including phenoxy) is 1. The zero-order valence-electron chi connectivity index (χ0n) is 13.0. The van der Waals surface area contributed by atoms with E-state index in [1.54, 1.807) is 24.3 Å². The van der Waals surface area contributed by atoms with E-state index in [1.165, 1.54) is 19.5 Å². The molecule has 0 spiro atoms. The molecule has 0 aliphatic heterocycles. The van der Waals surface area contributed by atoms with E-state index < -0.39 is 5.97 Å². The molecule has 0 fully saturated rings. The van der Waals surface area contributed by atoms with Crippen molar-refractivity contribution < 1.29 is 14.3 Å². The van der Waals surface area contributed by atoms with Crippen molar-refractivity contribution in [2.24, 2.45) is 0 Å². The van der Waals surface area contributed by atoms with Crippen molar-refractivity contribution in [1.29, 1.82) is 0 Å². The Hall–Kier alpha value is -2.96. The zero-order valence-corrected chi connectivity index (χ0v) is 13.0. The highest BCUT2D eigenvalue weighted by molar-refractivity contribution is 5.96. The number of rotatable bonds is 6. The molecule has 0 saturated heterocycles. The summed E-state index contributed by atoms with van der Waals surface area (Å²) in [5.74, 6) is -0.306. The van der Waals surface area contributed by atoms with Gasteiger partial charge in [0, 0.05) is 12.6 Å². The van der Waals surface area contributed by atoms with Crippen molar-refractivity contribution >= 4 is 23.4 Å². The summed E-state index contributed by atoms with van der Waals surface area (Å²) in [7, 11) is 1.32. The van der Waals surface area contributed by atoms with Crippen LogP contribution in [0, 0.1) is 0 Å². The van der Waals surface area contributed by atoms with Gasteiger partial charge in [0.2, 0.25) is 0 Å². The minimum absolute atomic E-state index is 0.256. The van der Waals surface area contributed by atoms with Gasteiger partial charge in [0.25, 0.3) is 5.91 Å². The molecule has 1 aromatic carbocycles. The van der Waals surface area contributed by atoms with E-state index in [2.05, 4.69) is 20.6 Å². The quantitative estimate of drug-likeness (QED) is 0.794. The lowest BCUT2D eigenvalue weighted by molar-refractivity contribution is 0.0601. The molecule has 0 bridgehead atoms. The first kappa shape index (κ1) is 16.4. The van der Waals surface area contributed by atoms with Gasteiger partial charge < -0.3 is 15.4 Å². The highest BCUT2D eigenvalue weighted by atomic mass is 16.5. The van der Waals surface area contributed by atoms with Gasteiger partial charge in [-0.15, -0.1) is 0 Å². The molecule has 0 aliphatic carbocycles. The summed E-state index contributed by atoms with van der Waals surface area (Å²) in [6.07, 6.45) is 2.14. The second-order valence-electron chi connectivity index (χ2n) is 4.71. The van der Waals surface area contributed by atoms with Crippen LogP contribution in [0.5, 0.6) is 0 Å². The summed E-state index contributed by atoms with van der Waals surface area (Å²) in [5.41, 5.74) is 1.18. The molecule has 120 valence electrons. The first-order valence-electron chi connectivity index (χ1n) is 7.20. The van der Waals surface area contributed by atoms with E-state index in [0.29, 0.717) is 23.6 Å². The fourth-order valence-electron chi connectivity index (χ4n) is 1.90. The number of esters is 1. The van der Waals surface area contributed by atoms with Gasteiger partial charge in [-0.2, -0.15) is 0 Å². The van der Waals surface area contributed by atoms with Gasteiger partial charge in [-0.25, -0.2) is 14.8 Å². The zero-order chi connectivity index (χ0) is 16.7. The van der Waals surface area contributed by atoms with Crippen LogP contribution in [0.2, 0.25) is 0 Å². The van der Waals surface area contributed by atoms with Crippen molar-refractivity contribution in [2.45, 2.75) is 13.3 Å². The van der Waals surface area contributed by atoms with E-state index in [-0.39, 0.29) is 11.6 Å². The summed E-state index contributed by atoms with van der Waals surface area (Å²) in [6.45, 7) is 2.55. The molecule has 2 rings (SSSR count). The number of amides is 1. The van der Waals surface area contributed by atoms with Crippen LogP contribution in [0.3, 0.4) is 0 Å². The highest BCUT2D eigenvalue weighted by Gasteiger charge is 2.13. The Bertz CT molecular complexity index is 703. The second-order valence-corrected chi connectivity index (χ2v) is 4.71. The lowest BCUT2D eigenvalue weighted by atomic mass is 10.2. The first-order chi connectivity index (χ1) is 11.2. The van der Waals surface area contributed by atoms with Crippen molar-refractivity contribution in [2.75, 3.05) is 19.0 Å². The first-order valence-corrected chi connectivity index (χ1v) is 7.20. The Balaban J connectivity index is 2.21. The van der Waals surface area contributed by atoms with Crippen molar-refractivity contribution in [3.63, 3.8) is 0 Å². The van der Waals surface area contributed by atoms with Gasteiger partial charge >= 0.3 is 5.97 Å². The number of nitrogens with one attached hydrogen (secondary N) is 2. The Labute approximate surface area is 134 Å². The number of nitrogens with zero attached hydrogens (tertiary/aromatic N) is 2. The van der Waals surface area contributed by atoms with Crippen molar-refractivity contribution in [3.05, 3.63) is 47.9 Å². The van der Waals surface area contributed by atoms with Gasteiger partial charge in [0.05, 0.1) is 18.4 Å². The molecule has 2 N–H and O–H groups in total. The monoisotopic (exact) mass is 314 g/mol. The van der Waals surface area contributed by atoms with E-state index in [4.69, 9.17) is 4.74 Å². The molecule has 0 aliphatic rings. The molecule has 23 heavy (non-hydrogen) atoms. The Morgan fingerprint density at radius 3 is 2.74 bits per heavy atom. The highest BCUT2D eigenvalue weighted by Crippen LogP contribution is 2.20. The van der Waals surface area contributed by atoms with Gasteiger partial charge in [-0.3, -0.25) is 4.79 Å². The van der Waals surface area contributed by atoms with Gasteiger partial charge in [0.15, 0.2) is 0 Å². The molecule has 7 heteroatoms. The van der Waals surface area contributed by atoms with Crippen LogP contribution in [-0.4, -0.2) is 35.5 Å². The number of para-hydroxylation sites is 1. The minimum atomic E-state index is -0.455. The lowest BCUT2D eigenvalue weighted by Crippen LogP contribution is -2.25. The predicted octanol–water partition coefficient (Wildman–Crippen LogP) is 2.15. The SMILES string of the molecule is CCCNC(=O)c1cc(Nc2ccccc2C(=O)OC)ncn1. The number of anilines is 2. The van der Waals surface area contributed by atoms with E-state index in [9.17, 15) is 9.59 Å². The standard InChI is InChI=1S/C16H18N4O3/c1-3-8-17-15(21)13-9-14(19-10-18-13)20-12-7-5-4-6-11(12)16(22)23-2/h4-7,9-10H,3,8H2,1-2H3,(H,17,21)(H,18,19,20). The molecule has 0 radical (unpaired) electrons. The number of benzene rings is 1. The van der Waals surface area contributed by atoms with Crippen LogP contribution in [0.15, 0.2) is 36.7 Å². The summed E-state index contributed by atoms with van der Waals surface area (Å²) >= 11 is 0. The molecule has 7 nitrogen and oxygen atoms in total. The average Bonchev–Trinajstić information content (AvgIpc) is 2.59. The lowest BCUT2D eigenvalue weighted by Gasteiger charge is -2.10. The van der Waals surface area contributed by atoms with Crippen LogP contribution >= 0.6 is 0 Å². The summed E-state index contributed by atoms with van der Waals surface area (Å²) in [6, 6.07) is 8.42. The van der Waals surface area contributed by atoms with Gasteiger partial charge in [0.1, 0.15) is 17.8 Å². The normalized spacial score (nSPS) is 10.0. The molecule has 0 saturated carbocycles. The van der Waals surface area contributed by atoms with Gasteiger partial charge in [-0.1, -0.05) is 19.1 Å². The topological polar surface area (TPSA) is 93.2 Å². The molecule has 0 atom stereocenters. The van der Waals surface area contributed by atoms with Crippen LogP contribution in [0.4, 0.5) is 11.5 Å². The maximum absolute atomic E-state index is 11.9. The molecule has 2 aromatic rings. The number of carbonyl (C=O) groups is 2. The molecule has 1 aromatic heterocycles. The van der Waals surface area contributed by atoms with E-state index in [1.807, 2.05) is 6.92 Å². The summed E-state index contributed by atoms with van der Waals surface area (Å²) in [5, 5.41) is 5.75. The second kappa shape index (κ2) is 7.88. The van der Waals surface area contributed by atoms with Crippen molar-refractivity contribution in [3.8, 4) is 0 Å². The molecule has 1 amide bonds. The Kier molecular flexibility index (Phi) is 5.62. The fourth-order valence-corrected chi connectivity index (χ4v) is 1.90. The number of carbonyl (C=O) groups excluding carboxylic acids is 2. The van der Waals surface area contributed by atoms with Crippen molar-refractivity contribution in [1.82, 2.24) is 15.3 Å². The number of aromatic nitrogens is 2.